The highest BCUT2D eigenvalue weighted by atomic mass is 16.2. The summed E-state index contributed by atoms with van der Waals surface area (Å²) in [7, 11) is 0. The number of aryl methyl sites for hydroxylation is 1. The first-order chi connectivity index (χ1) is 10.7. The minimum Gasteiger partial charge on any atom is -0.348 e. The van der Waals surface area contributed by atoms with E-state index < -0.39 is 0 Å². The van der Waals surface area contributed by atoms with Crippen LogP contribution in [0.5, 0.6) is 0 Å². The van der Waals surface area contributed by atoms with Gasteiger partial charge in [-0.1, -0.05) is 36.2 Å². The van der Waals surface area contributed by atoms with Crippen LogP contribution in [0.25, 0.3) is 0 Å². The van der Waals surface area contributed by atoms with Crippen LogP contribution in [0.3, 0.4) is 0 Å². The number of fused-ring (bicyclic) bond motifs is 1. The summed E-state index contributed by atoms with van der Waals surface area (Å²) in [5.41, 5.74) is 3.72. The zero-order valence-corrected chi connectivity index (χ0v) is 13.0. The van der Waals surface area contributed by atoms with Crippen LogP contribution in [0.4, 0.5) is 0 Å². The quantitative estimate of drug-likeness (QED) is 0.832. The Labute approximate surface area is 131 Å². The first-order valence-electron chi connectivity index (χ1n) is 8.26. The zero-order chi connectivity index (χ0) is 15.1. The SMILES string of the molecule is Cc1ccc(C2c3cccn3CCN2C(=O)C2CCC2)cc1. The molecule has 0 saturated heterocycles. The van der Waals surface area contributed by atoms with Crippen molar-refractivity contribution in [2.24, 2.45) is 5.92 Å². The zero-order valence-electron chi connectivity index (χ0n) is 13.0. The van der Waals surface area contributed by atoms with Crippen molar-refractivity contribution in [3.8, 4) is 0 Å². The summed E-state index contributed by atoms with van der Waals surface area (Å²) in [6.45, 7) is 3.82. The molecule has 1 aromatic carbocycles. The maximum absolute atomic E-state index is 12.9. The van der Waals surface area contributed by atoms with Crippen LogP contribution in [-0.4, -0.2) is 21.9 Å². The van der Waals surface area contributed by atoms with Crippen LogP contribution in [0.1, 0.15) is 42.1 Å². The Hall–Kier alpha value is -2.03. The Balaban J connectivity index is 1.74. The molecule has 2 aromatic rings. The van der Waals surface area contributed by atoms with Gasteiger partial charge in [0, 0.05) is 30.9 Å². The van der Waals surface area contributed by atoms with Gasteiger partial charge in [0.05, 0.1) is 6.04 Å². The third-order valence-corrected chi connectivity index (χ3v) is 5.17. The molecule has 1 saturated carbocycles. The fourth-order valence-corrected chi connectivity index (χ4v) is 3.61. The van der Waals surface area contributed by atoms with Gasteiger partial charge >= 0.3 is 0 Å². The van der Waals surface area contributed by atoms with Crippen molar-refractivity contribution >= 4 is 5.91 Å². The standard InChI is InChI=1S/C19H22N2O/c1-14-7-9-15(10-8-14)18-17-6-3-11-20(17)12-13-21(18)19(22)16-4-2-5-16/h3,6-11,16,18H,2,4-5,12-13H2,1H3. The Morgan fingerprint density at radius 2 is 1.86 bits per heavy atom. The van der Waals surface area contributed by atoms with Gasteiger partial charge in [0.2, 0.25) is 5.91 Å². The Morgan fingerprint density at radius 3 is 2.55 bits per heavy atom. The molecule has 1 amide bonds. The maximum atomic E-state index is 12.9. The van der Waals surface area contributed by atoms with Crippen molar-refractivity contribution in [1.29, 1.82) is 0 Å². The van der Waals surface area contributed by atoms with Crippen LogP contribution in [0.15, 0.2) is 42.6 Å². The fraction of sp³-hybridized carbons (Fsp3) is 0.421. The molecule has 1 unspecified atom stereocenters. The molecule has 22 heavy (non-hydrogen) atoms. The van der Waals surface area contributed by atoms with E-state index >= 15 is 0 Å². The highest BCUT2D eigenvalue weighted by Gasteiger charge is 2.37. The monoisotopic (exact) mass is 294 g/mol. The van der Waals surface area contributed by atoms with E-state index in [1.807, 2.05) is 0 Å². The van der Waals surface area contributed by atoms with Crippen molar-refractivity contribution in [2.75, 3.05) is 6.54 Å². The molecular weight excluding hydrogens is 272 g/mol. The first kappa shape index (κ1) is 13.6. The van der Waals surface area contributed by atoms with Gasteiger partial charge in [-0.15, -0.1) is 0 Å². The summed E-state index contributed by atoms with van der Waals surface area (Å²) in [5.74, 6) is 0.610. The van der Waals surface area contributed by atoms with Crippen LogP contribution in [0.2, 0.25) is 0 Å². The van der Waals surface area contributed by atoms with E-state index in [1.165, 1.54) is 23.2 Å². The Morgan fingerprint density at radius 1 is 1.09 bits per heavy atom. The number of carbonyl (C=O) groups is 1. The molecule has 0 radical (unpaired) electrons. The van der Waals surface area contributed by atoms with Gasteiger partial charge in [0.25, 0.3) is 0 Å². The number of carbonyl (C=O) groups excluding carboxylic acids is 1. The van der Waals surface area contributed by atoms with Crippen molar-refractivity contribution in [1.82, 2.24) is 9.47 Å². The second kappa shape index (κ2) is 5.31. The number of hydrogen-bond acceptors (Lipinski definition) is 1. The Bertz CT molecular complexity index is 682. The van der Waals surface area contributed by atoms with E-state index in [-0.39, 0.29) is 12.0 Å². The molecule has 1 atom stereocenters. The third-order valence-electron chi connectivity index (χ3n) is 5.17. The van der Waals surface area contributed by atoms with E-state index in [0.29, 0.717) is 5.91 Å². The topological polar surface area (TPSA) is 25.2 Å². The molecule has 2 aliphatic rings. The maximum Gasteiger partial charge on any atom is 0.226 e. The average molecular weight is 294 g/mol. The van der Waals surface area contributed by atoms with Crippen molar-refractivity contribution in [2.45, 2.75) is 38.8 Å². The van der Waals surface area contributed by atoms with Crippen LogP contribution >= 0.6 is 0 Å². The largest absolute Gasteiger partial charge is 0.348 e. The minimum atomic E-state index is 0.0671. The molecule has 2 heterocycles. The smallest absolute Gasteiger partial charge is 0.226 e. The highest BCUT2D eigenvalue weighted by molar-refractivity contribution is 5.80. The van der Waals surface area contributed by atoms with E-state index in [0.717, 1.165) is 25.9 Å². The van der Waals surface area contributed by atoms with Gasteiger partial charge in [-0.25, -0.2) is 0 Å². The van der Waals surface area contributed by atoms with Crippen LogP contribution in [0, 0.1) is 12.8 Å². The first-order valence-corrected chi connectivity index (χ1v) is 8.26. The van der Waals surface area contributed by atoms with Gasteiger partial charge in [0.1, 0.15) is 0 Å². The molecular formula is C19H22N2O. The molecule has 1 aliphatic heterocycles. The third kappa shape index (κ3) is 2.16. The van der Waals surface area contributed by atoms with Gasteiger partial charge in [-0.2, -0.15) is 0 Å². The van der Waals surface area contributed by atoms with Crippen molar-refractivity contribution in [3.63, 3.8) is 0 Å². The van der Waals surface area contributed by atoms with Gasteiger partial charge in [-0.05, 0) is 37.5 Å². The molecule has 0 bridgehead atoms. The normalized spacial score (nSPS) is 21.3. The summed E-state index contributed by atoms with van der Waals surface area (Å²) < 4.78 is 2.29. The lowest BCUT2D eigenvalue weighted by Gasteiger charge is -2.41. The highest BCUT2D eigenvalue weighted by Crippen LogP contribution is 2.37. The number of hydrogen-bond donors (Lipinski definition) is 0. The lowest BCUT2D eigenvalue weighted by molar-refractivity contribution is -0.141. The van der Waals surface area contributed by atoms with Gasteiger partial charge < -0.3 is 9.47 Å². The molecule has 1 fully saturated rings. The van der Waals surface area contributed by atoms with E-state index in [4.69, 9.17) is 0 Å². The van der Waals surface area contributed by atoms with Crippen molar-refractivity contribution < 1.29 is 4.79 Å². The van der Waals surface area contributed by atoms with Gasteiger partial charge in [-0.3, -0.25) is 4.79 Å². The average Bonchev–Trinajstić information content (AvgIpc) is 2.93. The fourth-order valence-electron chi connectivity index (χ4n) is 3.61. The molecule has 4 rings (SSSR count). The lowest BCUT2D eigenvalue weighted by atomic mass is 9.83. The molecule has 0 spiro atoms. The van der Waals surface area contributed by atoms with Gasteiger partial charge in [0.15, 0.2) is 0 Å². The van der Waals surface area contributed by atoms with E-state index in [2.05, 4.69) is 59.0 Å². The molecule has 1 aliphatic carbocycles. The number of amides is 1. The minimum absolute atomic E-state index is 0.0671. The summed E-state index contributed by atoms with van der Waals surface area (Å²) in [5, 5.41) is 0. The van der Waals surface area contributed by atoms with Crippen molar-refractivity contribution in [3.05, 3.63) is 59.4 Å². The lowest BCUT2D eigenvalue weighted by Crippen LogP contribution is -2.46. The van der Waals surface area contributed by atoms with E-state index in [1.54, 1.807) is 0 Å². The number of nitrogens with zero attached hydrogens (tertiary/aromatic N) is 2. The predicted molar refractivity (Wildman–Crippen MR) is 86.5 cm³/mol. The predicted octanol–water partition coefficient (Wildman–Crippen LogP) is 3.53. The van der Waals surface area contributed by atoms with E-state index in [9.17, 15) is 4.79 Å². The Kier molecular flexibility index (Phi) is 3.29. The molecule has 3 nitrogen and oxygen atoms in total. The summed E-state index contributed by atoms with van der Waals surface area (Å²) in [4.78, 5) is 15.0. The second-order valence-corrected chi connectivity index (χ2v) is 6.60. The number of rotatable bonds is 2. The number of aromatic nitrogens is 1. The summed E-state index contributed by atoms with van der Waals surface area (Å²) in [6, 6.07) is 12.9. The second-order valence-electron chi connectivity index (χ2n) is 6.60. The summed E-state index contributed by atoms with van der Waals surface area (Å²) in [6.07, 6.45) is 5.46. The molecule has 1 aromatic heterocycles. The summed E-state index contributed by atoms with van der Waals surface area (Å²) >= 11 is 0. The van der Waals surface area contributed by atoms with Crippen LogP contribution < -0.4 is 0 Å². The molecule has 114 valence electrons. The molecule has 0 N–H and O–H groups in total. The molecule has 3 heteroatoms. The van der Waals surface area contributed by atoms with Crippen LogP contribution in [-0.2, 0) is 11.3 Å². The number of benzene rings is 1.